The largest absolute Gasteiger partial charge is 0.361 e. The minimum atomic E-state index is -0.575. The van der Waals surface area contributed by atoms with Gasteiger partial charge >= 0.3 is 0 Å². The molecule has 4 aliphatic rings. The quantitative estimate of drug-likeness (QED) is 0.767. The minimum Gasteiger partial charge on any atom is -0.361 e. The Morgan fingerprint density at radius 2 is 2.05 bits per heavy atom. The first kappa shape index (κ1) is 11.2. The zero-order valence-corrected chi connectivity index (χ0v) is 10.7. The molecule has 4 nitrogen and oxygen atoms in total. The molecule has 2 bridgehead atoms. The Labute approximate surface area is 111 Å². The average molecular weight is 257 g/mol. The van der Waals surface area contributed by atoms with E-state index in [1.165, 1.54) is 12.5 Å². The van der Waals surface area contributed by atoms with Crippen molar-refractivity contribution in [1.82, 2.24) is 5.32 Å². The summed E-state index contributed by atoms with van der Waals surface area (Å²) in [5, 5.41) is 2.93. The van der Waals surface area contributed by atoms with Crippen LogP contribution in [0, 0.1) is 0 Å². The molecule has 5 rings (SSSR count). The standard InChI is InChI=1S/C15H15NO3/c1-8(17)16-12-6-11-9-4-2-3-5-10(9)13(12)14(18)15(11)7-19-15/h2-5,11-13H,6-7H2,1H3,(H,16,17)/t11-,12-,13-,15?/m0/s1. The van der Waals surface area contributed by atoms with Crippen LogP contribution >= 0.6 is 0 Å². The van der Waals surface area contributed by atoms with Crippen LogP contribution in [-0.4, -0.2) is 29.9 Å². The fourth-order valence-corrected chi connectivity index (χ4v) is 3.87. The summed E-state index contributed by atoms with van der Waals surface area (Å²) in [6.07, 6.45) is 0.799. The fourth-order valence-electron chi connectivity index (χ4n) is 3.87. The molecule has 98 valence electrons. The van der Waals surface area contributed by atoms with Crippen molar-refractivity contribution < 1.29 is 14.3 Å². The molecule has 1 saturated heterocycles. The maximum absolute atomic E-state index is 12.6. The van der Waals surface area contributed by atoms with Crippen molar-refractivity contribution in [2.24, 2.45) is 0 Å². The van der Waals surface area contributed by atoms with E-state index >= 15 is 0 Å². The first-order chi connectivity index (χ1) is 9.13. The summed E-state index contributed by atoms with van der Waals surface area (Å²) >= 11 is 0. The van der Waals surface area contributed by atoms with E-state index in [0.29, 0.717) is 6.61 Å². The van der Waals surface area contributed by atoms with Gasteiger partial charge in [-0.15, -0.1) is 0 Å². The summed E-state index contributed by atoms with van der Waals surface area (Å²) in [5.74, 6) is -0.0690. The van der Waals surface area contributed by atoms with Gasteiger partial charge in [0, 0.05) is 18.9 Å². The average Bonchev–Trinajstić information content (AvgIpc) is 3.16. The Hall–Kier alpha value is -1.68. The minimum absolute atomic E-state index is 0.0754. The van der Waals surface area contributed by atoms with E-state index in [9.17, 15) is 9.59 Å². The van der Waals surface area contributed by atoms with Crippen molar-refractivity contribution in [2.75, 3.05) is 6.61 Å². The van der Waals surface area contributed by atoms with Gasteiger partial charge in [0.25, 0.3) is 0 Å². The van der Waals surface area contributed by atoms with E-state index in [1.54, 1.807) is 0 Å². The normalized spacial score (nSPS) is 38.2. The number of amides is 1. The molecular weight excluding hydrogens is 242 g/mol. The van der Waals surface area contributed by atoms with Crippen LogP contribution in [0.15, 0.2) is 24.3 Å². The third kappa shape index (κ3) is 1.32. The lowest BCUT2D eigenvalue weighted by Crippen LogP contribution is -2.56. The summed E-state index contributed by atoms with van der Waals surface area (Å²) < 4.78 is 5.53. The summed E-state index contributed by atoms with van der Waals surface area (Å²) in [4.78, 5) is 24.0. The zero-order chi connectivity index (χ0) is 13.2. The zero-order valence-electron chi connectivity index (χ0n) is 10.7. The van der Waals surface area contributed by atoms with Crippen molar-refractivity contribution >= 4 is 11.7 Å². The van der Waals surface area contributed by atoms with Crippen LogP contribution in [0.1, 0.15) is 36.3 Å². The maximum Gasteiger partial charge on any atom is 0.217 e. The number of hydrogen-bond acceptors (Lipinski definition) is 3. The molecule has 4 atom stereocenters. The Morgan fingerprint density at radius 3 is 2.68 bits per heavy atom. The Morgan fingerprint density at radius 1 is 1.37 bits per heavy atom. The molecule has 0 radical (unpaired) electrons. The molecule has 2 fully saturated rings. The number of nitrogens with one attached hydrogen (secondary N) is 1. The number of Topliss-reactive ketones (excluding diaryl/α,β-unsaturated/α-hetero) is 1. The van der Waals surface area contributed by atoms with Crippen LogP contribution in [-0.2, 0) is 14.3 Å². The molecule has 1 spiro atoms. The summed E-state index contributed by atoms with van der Waals surface area (Å²) in [7, 11) is 0. The van der Waals surface area contributed by atoms with Crippen LogP contribution in [0.5, 0.6) is 0 Å². The first-order valence-electron chi connectivity index (χ1n) is 6.68. The second kappa shape index (κ2) is 3.45. The lowest BCUT2D eigenvalue weighted by atomic mass is 9.58. The van der Waals surface area contributed by atoms with Crippen LogP contribution in [0.4, 0.5) is 0 Å². The fraction of sp³-hybridized carbons (Fsp3) is 0.467. The van der Waals surface area contributed by atoms with Gasteiger partial charge in [-0.1, -0.05) is 24.3 Å². The topological polar surface area (TPSA) is 58.7 Å². The van der Waals surface area contributed by atoms with Crippen molar-refractivity contribution in [2.45, 2.75) is 36.8 Å². The third-order valence-corrected chi connectivity index (χ3v) is 4.70. The van der Waals surface area contributed by atoms with Gasteiger partial charge in [-0.2, -0.15) is 0 Å². The highest BCUT2D eigenvalue weighted by Gasteiger charge is 2.67. The van der Waals surface area contributed by atoms with Gasteiger partial charge in [0.1, 0.15) is 0 Å². The molecule has 3 aliphatic carbocycles. The highest BCUT2D eigenvalue weighted by atomic mass is 16.6. The first-order valence-corrected chi connectivity index (χ1v) is 6.68. The predicted octanol–water partition coefficient (Wildman–Crippen LogP) is 1.11. The van der Waals surface area contributed by atoms with E-state index < -0.39 is 5.60 Å². The monoisotopic (exact) mass is 257 g/mol. The number of carbonyl (C=O) groups is 2. The number of benzene rings is 1. The smallest absolute Gasteiger partial charge is 0.217 e. The van der Waals surface area contributed by atoms with E-state index in [-0.39, 0.29) is 29.6 Å². The number of carbonyl (C=O) groups excluding carboxylic acids is 2. The van der Waals surface area contributed by atoms with Gasteiger partial charge < -0.3 is 10.1 Å². The number of fused-ring (bicyclic) bond motifs is 1. The molecule has 1 amide bonds. The second-order valence-corrected chi connectivity index (χ2v) is 5.74. The number of rotatable bonds is 1. The molecule has 1 aromatic carbocycles. The lowest BCUT2D eigenvalue weighted by Gasteiger charge is -2.46. The molecule has 1 saturated carbocycles. The molecule has 1 aliphatic heterocycles. The molecule has 1 N–H and O–H groups in total. The van der Waals surface area contributed by atoms with Crippen molar-refractivity contribution in [3.05, 3.63) is 35.4 Å². The van der Waals surface area contributed by atoms with E-state index in [4.69, 9.17) is 4.74 Å². The highest BCUT2D eigenvalue weighted by Crippen LogP contribution is 2.58. The SMILES string of the molecule is CC(=O)N[C@H]1C[C@H]2c3ccccc3[C@@H]1C(=O)C21CO1. The van der Waals surface area contributed by atoms with Crippen LogP contribution in [0.3, 0.4) is 0 Å². The van der Waals surface area contributed by atoms with Crippen molar-refractivity contribution in [1.29, 1.82) is 0 Å². The molecule has 0 aromatic heterocycles. The summed E-state index contributed by atoms with van der Waals surface area (Å²) in [6, 6.07) is 7.98. The second-order valence-electron chi connectivity index (χ2n) is 5.74. The molecule has 19 heavy (non-hydrogen) atoms. The van der Waals surface area contributed by atoms with Crippen LogP contribution < -0.4 is 5.32 Å². The number of hydrogen-bond donors (Lipinski definition) is 1. The molecular formula is C15H15NO3. The molecule has 1 heterocycles. The number of ketones is 1. The van der Waals surface area contributed by atoms with Gasteiger partial charge in [-0.3, -0.25) is 9.59 Å². The summed E-state index contributed by atoms with van der Waals surface area (Å²) in [6.45, 7) is 2.04. The van der Waals surface area contributed by atoms with Crippen LogP contribution in [0.2, 0.25) is 0 Å². The Balaban J connectivity index is 1.84. The van der Waals surface area contributed by atoms with Crippen LogP contribution in [0.25, 0.3) is 0 Å². The summed E-state index contributed by atoms with van der Waals surface area (Å²) in [5.41, 5.74) is 1.73. The Bertz CT molecular complexity index is 591. The van der Waals surface area contributed by atoms with Crippen molar-refractivity contribution in [3.63, 3.8) is 0 Å². The lowest BCUT2D eigenvalue weighted by molar-refractivity contribution is -0.131. The molecule has 1 unspecified atom stereocenters. The van der Waals surface area contributed by atoms with Gasteiger partial charge in [-0.05, 0) is 17.5 Å². The Kier molecular flexibility index (Phi) is 2.03. The van der Waals surface area contributed by atoms with E-state index in [1.807, 2.05) is 18.2 Å². The van der Waals surface area contributed by atoms with Gasteiger partial charge in [0.05, 0.1) is 12.5 Å². The number of ether oxygens (including phenoxy) is 1. The van der Waals surface area contributed by atoms with E-state index in [2.05, 4.69) is 11.4 Å². The predicted molar refractivity (Wildman–Crippen MR) is 67.8 cm³/mol. The number of epoxide rings is 1. The maximum atomic E-state index is 12.6. The van der Waals surface area contributed by atoms with Crippen molar-refractivity contribution in [3.8, 4) is 0 Å². The molecule has 4 heteroatoms. The van der Waals surface area contributed by atoms with E-state index in [0.717, 1.165) is 12.0 Å². The van der Waals surface area contributed by atoms with Gasteiger partial charge in [0.15, 0.2) is 11.4 Å². The van der Waals surface area contributed by atoms with Gasteiger partial charge in [0.2, 0.25) is 5.91 Å². The highest BCUT2D eigenvalue weighted by molar-refractivity contribution is 6.00. The third-order valence-electron chi connectivity index (χ3n) is 4.70. The van der Waals surface area contributed by atoms with Gasteiger partial charge in [-0.25, -0.2) is 0 Å². The molecule has 1 aromatic rings.